The van der Waals surface area contributed by atoms with Crippen molar-refractivity contribution in [3.8, 4) is 0 Å². The van der Waals surface area contributed by atoms with Crippen LogP contribution < -0.4 is 5.32 Å². The number of aliphatic hydroxyl groups is 2. The van der Waals surface area contributed by atoms with Gasteiger partial charge in [0.1, 0.15) is 5.60 Å². The van der Waals surface area contributed by atoms with Crippen molar-refractivity contribution in [3.63, 3.8) is 0 Å². The zero-order valence-electron chi connectivity index (χ0n) is 16.7. The predicted molar refractivity (Wildman–Crippen MR) is 99.5 cm³/mol. The lowest BCUT2D eigenvalue weighted by Gasteiger charge is -2.38. The summed E-state index contributed by atoms with van der Waals surface area (Å²) in [7, 11) is 0. The third-order valence-electron chi connectivity index (χ3n) is 5.20. The number of hydrogen-bond acceptors (Lipinski definition) is 5. The topological polar surface area (TPSA) is 82.0 Å². The molecule has 1 amide bonds. The highest BCUT2D eigenvalue weighted by Crippen LogP contribution is 2.30. The number of aliphatic hydroxyl groups excluding tert-OH is 2. The lowest BCUT2D eigenvalue weighted by molar-refractivity contribution is 0.00389. The van der Waals surface area contributed by atoms with E-state index in [1.165, 1.54) is 0 Å². The van der Waals surface area contributed by atoms with Crippen molar-refractivity contribution >= 4 is 6.09 Å². The Morgan fingerprint density at radius 1 is 1.00 bits per heavy atom. The molecule has 2 heterocycles. The second-order valence-corrected chi connectivity index (χ2v) is 9.15. The molecular weight excluding hydrogens is 320 g/mol. The summed E-state index contributed by atoms with van der Waals surface area (Å²) in [5, 5.41) is 21.4. The van der Waals surface area contributed by atoms with Gasteiger partial charge in [0.25, 0.3) is 0 Å². The van der Waals surface area contributed by atoms with Crippen LogP contribution in [-0.2, 0) is 4.74 Å². The van der Waals surface area contributed by atoms with Crippen LogP contribution in [0.25, 0.3) is 0 Å². The molecule has 2 fully saturated rings. The number of piperidine rings is 2. The van der Waals surface area contributed by atoms with Crippen LogP contribution in [-0.4, -0.2) is 66.2 Å². The maximum Gasteiger partial charge on any atom is 0.410 e. The first-order valence-electron chi connectivity index (χ1n) is 9.43. The average molecular weight is 359 g/mol. The normalized spacial score (nSPS) is 22.6. The van der Waals surface area contributed by atoms with Crippen LogP contribution in [0.5, 0.6) is 0 Å². The number of amides is 1. The smallest absolute Gasteiger partial charge is 0.410 e. The van der Waals surface area contributed by atoms with E-state index in [1.54, 1.807) is 4.90 Å². The molecule has 0 aromatic rings. The first-order valence-corrected chi connectivity index (χ1v) is 9.43. The maximum atomic E-state index is 11.8. The van der Waals surface area contributed by atoms with Crippen LogP contribution in [0.3, 0.4) is 0 Å². The van der Waals surface area contributed by atoms with Crippen molar-refractivity contribution < 1.29 is 19.7 Å². The number of carbonyl (C=O) groups excluding carboxylic acids is 1. The number of hydrogen-bond donors (Lipinski definition) is 3. The van der Waals surface area contributed by atoms with Crippen molar-refractivity contribution in [2.24, 2.45) is 10.8 Å². The summed E-state index contributed by atoms with van der Waals surface area (Å²) in [4.78, 5) is 13.5. The molecule has 3 N–H and O–H groups in total. The van der Waals surface area contributed by atoms with E-state index in [0.29, 0.717) is 19.7 Å². The Morgan fingerprint density at radius 2 is 1.44 bits per heavy atom. The minimum absolute atomic E-state index is 0.0293. The van der Waals surface area contributed by atoms with Gasteiger partial charge in [-0.2, -0.15) is 0 Å². The van der Waals surface area contributed by atoms with Gasteiger partial charge < -0.3 is 25.2 Å². The van der Waals surface area contributed by atoms with E-state index in [9.17, 15) is 9.90 Å². The van der Waals surface area contributed by atoms with Gasteiger partial charge in [-0.1, -0.05) is 13.8 Å². The molecule has 2 rings (SSSR count). The van der Waals surface area contributed by atoms with Crippen molar-refractivity contribution in [1.29, 1.82) is 0 Å². The van der Waals surface area contributed by atoms with Gasteiger partial charge in [0.05, 0.1) is 0 Å². The Kier molecular flexibility index (Phi) is 8.16. The molecular formula is C19H38N2O4. The lowest BCUT2D eigenvalue weighted by atomic mass is 9.81. The van der Waals surface area contributed by atoms with E-state index in [2.05, 4.69) is 19.2 Å². The Bertz CT molecular complexity index is 406. The average Bonchev–Trinajstić information content (AvgIpc) is 2.55. The molecule has 0 aromatic carbocycles. The summed E-state index contributed by atoms with van der Waals surface area (Å²) in [6, 6.07) is 0. The van der Waals surface area contributed by atoms with Gasteiger partial charge in [-0.3, -0.25) is 0 Å². The van der Waals surface area contributed by atoms with Crippen molar-refractivity contribution in [2.45, 2.75) is 65.9 Å². The van der Waals surface area contributed by atoms with Crippen LogP contribution in [0.15, 0.2) is 0 Å². The number of nitrogens with zero attached hydrogens (tertiary/aromatic N) is 1. The lowest BCUT2D eigenvalue weighted by Crippen LogP contribution is -2.45. The fourth-order valence-corrected chi connectivity index (χ4v) is 2.90. The van der Waals surface area contributed by atoms with Crippen molar-refractivity contribution in [2.75, 3.05) is 39.4 Å². The molecule has 0 atom stereocenters. The van der Waals surface area contributed by atoms with E-state index in [-0.39, 0.29) is 23.5 Å². The van der Waals surface area contributed by atoms with E-state index < -0.39 is 5.60 Å². The van der Waals surface area contributed by atoms with E-state index in [1.807, 2.05) is 20.8 Å². The van der Waals surface area contributed by atoms with Crippen LogP contribution in [0.4, 0.5) is 4.79 Å². The molecule has 0 aliphatic carbocycles. The molecule has 6 nitrogen and oxygen atoms in total. The van der Waals surface area contributed by atoms with Gasteiger partial charge in [0.2, 0.25) is 0 Å². The summed E-state index contributed by atoms with van der Waals surface area (Å²) in [6.07, 6.45) is 3.66. The summed E-state index contributed by atoms with van der Waals surface area (Å²) in [6.45, 7) is 13.8. The zero-order valence-corrected chi connectivity index (χ0v) is 16.7. The summed E-state index contributed by atoms with van der Waals surface area (Å²) < 4.78 is 5.30. The third kappa shape index (κ3) is 7.92. The highest BCUT2D eigenvalue weighted by Gasteiger charge is 2.33. The summed E-state index contributed by atoms with van der Waals surface area (Å²) >= 11 is 0. The highest BCUT2D eigenvalue weighted by atomic mass is 16.6. The second-order valence-electron chi connectivity index (χ2n) is 9.15. The van der Waals surface area contributed by atoms with Gasteiger partial charge in [-0.05, 0) is 70.4 Å². The van der Waals surface area contributed by atoms with Gasteiger partial charge in [0.15, 0.2) is 0 Å². The van der Waals surface area contributed by atoms with Crippen LogP contribution in [0.2, 0.25) is 0 Å². The van der Waals surface area contributed by atoms with Crippen LogP contribution in [0, 0.1) is 10.8 Å². The second kappa shape index (κ2) is 9.19. The number of carbonyl (C=O) groups is 1. The highest BCUT2D eigenvalue weighted by molar-refractivity contribution is 5.68. The Labute approximate surface area is 152 Å². The summed E-state index contributed by atoms with van der Waals surface area (Å²) in [5.74, 6) is 0. The fourth-order valence-electron chi connectivity index (χ4n) is 2.90. The minimum Gasteiger partial charge on any atom is -0.444 e. The van der Waals surface area contributed by atoms with E-state index in [0.717, 1.165) is 38.8 Å². The molecule has 0 radical (unpaired) electrons. The Morgan fingerprint density at radius 3 is 1.80 bits per heavy atom. The van der Waals surface area contributed by atoms with Crippen molar-refractivity contribution in [1.82, 2.24) is 10.2 Å². The molecule has 2 aliphatic heterocycles. The molecule has 6 heteroatoms. The SMILES string of the molecule is CC1(CO)CCN(C(=O)OC(C)(C)C)CC1.CC1(CO)CCNCC1. The standard InChI is InChI=1S/C12H23NO3.C7H15NO/c1-11(2,3)16-10(15)13-7-5-12(4,9-14)6-8-13;1-7(6-9)2-4-8-5-3-7/h14H,5-9H2,1-4H3;8-9H,2-6H2,1H3. The van der Waals surface area contributed by atoms with Gasteiger partial charge in [0, 0.05) is 26.3 Å². The Balaban J connectivity index is 0.000000293. The number of nitrogens with one attached hydrogen (secondary N) is 1. The quantitative estimate of drug-likeness (QED) is 0.706. The maximum absolute atomic E-state index is 11.8. The first-order chi connectivity index (χ1) is 11.5. The van der Waals surface area contributed by atoms with Crippen LogP contribution >= 0.6 is 0 Å². The number of rotatable bonds is 2. The first kappa shape index (κ1) is 22.2. The van der Waals surface area contributed by atoms with Crippen molar-refractivity contribution in [3.05, 3.63) is 0 Å². The number of likely N-dealkylation sites (tertiary alicyclic amines) is 1. The van der Waals surface area contributed by atoms with E-state index >= 15 is 0 Å². The number of ether oxygens (including phenoxy) is 1. The molecule has 0 saturated carbocycles. The van der Waals surface area contributed by atoms with Gasteiger partial charge in [-0.25, -0.2) is 4.79 Å². The van der Waals surface area contributed by atoms with E-state index in [4.69, 9.17) is 9.84 Å². The predicted octanol–water partition coefficient (Wildman–Crippen LogP) is 2.38. The molecule has 0 aromatic heterocycles. The monoisotopic (exact) mass is 358 g/mol. The largest absolute Gasteiger partial charge is 0.444 e. The molecule has 0 spiro atoms. The Hall–Kier alpha value is -0.850. The minimum atomic E-state index is -0.436. The van der Waals surface area contributed by atoms with Gasteiger partial charge >= 0.3 is 6.09 Å². The zero-order chi connectivity index (χ0) is 19.1. The molecule has 0 unspecified atom stereocenters. The van der Waals surface area contributed by atoms with Crippen LogP contribution in [0.1, 0.15) is 60.3 Å². The fraction of sp³-hybridized carbons (Fsp3) is 0.947. The molecule has 25 heavy (non-hydrogen) atoms. The summed E-state index contributed by atoms with van der Waals surface area (Å²) in [5.41, 5.74) is -0.251. The molecule has 2 saturated heterocycles. The molecule has 0 bridgehead atoms. The third-order valence-corrected chi connectivity index (χ3v) is 5.20. The molecule has 148 valence electrons. The van der Waals surface area contributed by atoms with Gasteiger partial charge in [-0.15, -0.1) is 0 Å². The molecule has 2 aliphatic rings.